The Morgan fingerprint density at radius 1 is 1.59 bits per heavy atom. The minimum absolute atomic E-state index is 0.205. The summed E-state index contributed by atoms with van der Waals surface area (Å²) in [5.74, 6) is -4.24. The largest absolute Gasteiger partial charge is 0.481 e. The van der Waals surface area contributed by atoms with Crippen molar-refractivity contribution in [3.63, 3.8) is 0 Å². The average molecular weight is 251 g/mol. The van der Waals surface area contributed by atoms with Gasteiger partial charge in [0.15, 0.2) is 5.92 Å². The lowest BCUT2D eigenvalue weighted by molar-refractivity contribution is -0.196. The Bertz CT molecular complexity index is 361. The van der Waals surface area contributed by atoms with Gasteiger partial charge in [0.05, 0.1) is 12.5 Å². The molecule has 96 valence electrons. The Balaban J connectivity index is 2.59. The van der Waals surface area contributed by atoms with Crippen molar-refractivity contribution in [3.05, 3.63) is 24.2 Å². The van der Waals surface area contributed by atoms with E-state index in [0.717, 1.165) is 0 Å². The Labute approximate surface area is 95.6 Å². The number of halogens is 3. The van der Waals surface area contributed by atoms with Crippen LogP contribution >= 0.6 is 0 Å². The molecular formula is C10H12F3NO3. The van der Waals surface area contributed by atoms with Crippen molar-refractivity contribution >= 4 is 5.97 Å². The van der Waals surface area contributed by atoms with Crippen LogP contribution in [0.15, 0.2) is 23.0 Å². The zero-order chi connectivity index (χ0) is 13.1. The lowest BCUT2D eigenvalue weighted by atomic mass is 10.1. The molecule has 7 heteroatoms. The number of nitrogens with zero attached hydrogens (tertiary/aromatic N) is 1. The van der Waals surface area contributed by atoms with Gasteiger partial charge in [0.1, 0.15) is 0 Å². The molecule has 1 unspecified atom stereocenters. The zero-order valence-electron chi connectivity index (χ0n) is 9.07. The molecule has 4 nitrogen and oxygen atoms in total. The van der Waals surface area contributed by atoms with E-state index in [2.05, 4.69) is 0 Å². The molecule has 0 spiro atoms. The van der Waals surface area contributed by atoms with E-state index in [1.54, 1.807) is 6.07 Å². The molecule has 0 aliphatic rings. The quantitative estimate of drug-likeness (QED) is 0.869. The van der Waals surface area contributed by atoms with E-state index in [0.29, 0.717) is 5.56 Å². The monoisotopic (exact) mass is 251 g/mol. The van der Waals surface area contributed by atoms with Crippen molar-refractivity contribution in [1.29, 1.82) is 0 Å². The van der Waals surface area contributed by atoms with Crippen LogP contribution in [0, 0.1) is 5.92 Å². The Morgan fingerprint density at radius 3 is 2.65 bits per heavy atom. The lowest BCUT2D eigenvalue weighted by Gasteiger charge is -2.22. The van der Waals surface area contributed by atoms with Gasteiger partial charge in [-0.15, -0.1) is 0 Å². The van der Waals surface area contributed by atoms with E-state index in [1.807, 2.05) is 0 Å². The van der Waals surface area contributed by atoms with Gasteiger partial charge in [0.2, 0.25) is 0 Å². The molecule has 0 radical (unpaired) electrons. The SMILES string of the molecule is CN(Cc1ccoc1)CC(C(=O)O)C(F)(F)F. The van der Waals surface area contributed by atoms with Crippen LogP contribution in [0.4, 0.5) is 13.2 Å². The molecule has 0 saturated carbocycles. The highest BCUT2D eigenvalue weighted by Crippen LogP contribution is 2.27. The van der Waals surface area contributed by atoms with Gasteiger partial charge in [-0.05, 0) is 13.1 Å². The summed E-state index contributed by atoms with van der Waals surface area (Å²) in [6, 6.07) is 1.61. The maximum absolute atomic E-state index is 12.4. The fraction of sp³-hybridized carbons (Fsp3) is 0.500. The predicted octanol–water partition coefficient (Wildman–Crippen LogP) is 1.97. The number of alkyl halides is 3. The number of furan rings is 1. The van der Waals surface area contributed by atoms with Crippen LogP contribution in [-0.2, 0) is 11.3 Å². The van der Waals surface area contributed by atoms with Crippen molar-refractivity contribution in [2.75, 3.05) is 13.6 Å². The summed E-state index contributed by atoms with van der Waals surface area (Å²) in [5, 5.41) is 8.52. The minimum atomic E-state index is -4.74. The first-order chi connectivity index (χ1) is 7.80. The summed E-state index contributed by atoms with van der Waals surface area (Å²) < 4.78 is 41.9. The van der Waals surface area contributed by atoms with Gasteiger partial charge >= 0.3 is 12.1 Å². The smallest absolute Gasteiger partial charge is 0.403 e. The first kappa shape index (κ1) is 13.6. The molecule has 17 heavy (non-hydrogen) atoms. The molecule has 0 aromatic carbocycles. The molecule has 1 N–H and O–H groups in total. The molecule has 0 aliphatic carbocycles. The topological polar surface area (TPSA) is 53.7 Å². The summed E-state index contributed by atoms with van der Waals surface area (Å²) in [5.41, 5.74) is 0.693. The molecule has 1 aromatic rings. The van der Waals surface area contributed by atoms with Gasteiger partial charge in [0.25, 0.3) is 0 Å². The predicted molar refractivity (Wildman–Crippen MR) is 52.2 cm³/mol. The van der Waals surface area contributed by atoms with Gasteiger partial charge < -0.3 is 14.4 Å². The maximum Gasteiger partial charge on any atom is 0.403 e. The molecule has 0 bridgehead atoms. The Morgan fingerprint density at radius 2 is 2.24 bits per heavy atom. The summed E-state index contributed by atoms with van der Waals surface area (Å²) in [4.78, 5) is 11.8. The fourth-order valence-electron chi connectivity index (χ4n) is 1.39. The molecule has 0 saturated heterocycles. The van der Waals surface area contributed by atoms with Crippen LogP contribution in [0.3, 0.4) is 0 Å². The highest BCUT2D eigenvalue weighted by molar-refractivity contribution is 5.71. The van der Waals surface area contributed by atoms with E-state index in [-0.39, 0.29) is 6.54 Å². The highest BCUT2D eigenvalue weighted by Gasteiger charge is 2.45. The van der Waals surface area contributed by atoms with E-state index in [9.17, 15) is 18.0 Å². The van der Waals surface area contributed by atoms with Gasteiger partial charge in [-0.25, -0.2) is 0 Å². The third kappa shape index (κ3) is 4.10. The Hall–Kier alpha value is -1.50. The first-order valence-electron chi connectivity index (χ1n) is 4.80. The van der Waals surface area contributed by atoms with Crippen LogP contribution in [0.2, 0.25) is 0 Å². The average Bonchev–Trinajstić information content (AvgIpc) is 2.64. The van der Waals surface area contributed by atoms with Crippen molar-refractivity contribution in [3.8, 4) is 0 Å². The number of carbonyl (C=O) groups is 1. The molecule has 1 aromatic heterocycles. The fourth-order valence-corrected chi connectivity index (χ4v) is 1.39. The van der Waals surface area contributed by atoms with Gasteiger partial charge in [0, 0.05) is 18.7 Å². The van der Waals surface area contributed by atoms with Crippen molar-refractivity contribution in [2.24, 2.45) is 5.92 Å². The number of aliphatic carboxylic acids is 1. The third-order valence-electron chi connectivity index (χ3n) is 2.22. The lowest BCUT2D eigenvalue weighted by Crippen LogP contribution is -2.39. The normalized spacial score (nSPS) is 13.9. The second-order valence-electron chi connectivity index (χ2n) is 3.76. The molecule has 0 aliphatic heterocycles. The number of carboxylic acids is 1. The van der Waals surface area contributed by atoms with Crippen LogP contribution in [0.5, 0.6) is 0 Å². The third-order valence-corrected chi connectivity index (χ3v) is 2.22. The second kappa shape index (κ2) is 5.22. The number of rotatable bonds is 5. The van der Waals surface area contributed by atoms with E-state index < -0.39 is 24.6 Å². The number of carboxylic acid groups (broad SMARTS) is 1. The van der Waals surface area contributed by atoms with Crippen molar-refractivity contribution in [2.45, 2.75) is 12.7 Å². The molecular weight excluding hydrogens is 239 g/mol. The van der Waals surface area contributed by atoms with Crippen LogP contribution < -0.4 is 0 Å². The van der Waals surface area contributed by atoms with Gasteiger partial charge in [-0.3, -0.25) is 4.79 Å². The first-order valence-corrected chi connectivity index (χ1v) is 4.80. The molecule has 1 heterocycles. The van der Waals surface area contributed by atoms with Gasteiger partial charge in [-0.2, -0.15) is 13.2 Å². The second-order valence-corrected chi connectivity index (χ2v) is 3.76. The molecule has 0 fully saturated rings. The van der Waals surface area contributed by atoms with E-state index >= 15 is 0 Å². The standard InChI is InChI=1S/C10H12F3NO3/c1-14(4-7-2-3-17-6-7)5-8(9(15)16)10(11,12)13/h2-3,6,8H,4-5H2,1H3,(H,15,16). The molecule has 1 rings (SSSR count). The van der Waals surface area contributed by atoms with Crippen LogP contribution in [-0.4, -0.2) is 35.7 Å². The summed E-state index contributed by atoms with van der Waals surface area (Å²) in [6.07, 6.45) is -1.93. The molecule has 1 atom stereocenters. The van der Waals surface area contributed by atoms with Crippen molar-refractivity contribution < 1.29 is 27.5 Å². The van der Waals surface area contributed by atoms with Gasteiger partial charge in [-0.1, -0.05) is 0 Å². The maximum atomic E-state index is 12.4. The number of hydrogen-bond acceptors (Lipinski definition) is 3. The summed E-state index contributed by atoms with van der Waals surface area (Å²) in [7, 11) is 1.43. The van der Waals surface area contributed by atoms with Crippen LogP contribution in [0.25, 0.3) is 0 Å². The van der Waals surface area contributed by atoms with Crippen LogP contribution in [0.1, 0.15) is 5.56 Å². The molecule has 0 amide bonds. The minimum Gasteiger partial charge on any atom is -0.481 e. The van der Waals surface area contributed by atoms with Crippen molar-refractivity contribution in [1.82, 2.24) is 4.90 Å². The summed E-state index contributed by atoms with van der Waals surface area (Å²) in [6.45, 7) is -0.389. The highest BCUT2D eigenvalue weighted by atomic mass is 19.4. The Kier molecular flexibility index (Phi) is 4.17. The zero-order valence-corrected chi connectivity index (χ0v) is 9.07. The van der Waals surface area contributed by atoms with E-state index in [1.165, 1.54) is 24.5 Å². The summed E-state index contributed by atoms with van der Waals surface area (Å²) >= 11 is 0. The van der Waals surface area contributed by atoms with E-state index in [4.69, 9.17) is 9.52 Å². The number of hydrogen-bond donors (Lipinski definition) is 1.